The van der Waals surface area contributed by atoms with Gasteiger partial charge in [-0.3, -0.25) is 10.4 Å². The molecule has 1 fully saturated rings. The van der Waals surface area contributed by atoms with Gasteiger partial charge in [-0.1, -0.05) is 23.2 Å². The number of methoxy groups -OCH3 is 1. The van der Waals surface area contributed by atoms with Crippen molar-refractivity contribution in [2.45, 2.75) is 13.0 Å². The second kappa shape index (κ2) is 9.75. The molecule has 3 aromatic rings. The van der Waals surface area contributed by atoms with Crippen LogP contribution in [0, 0.1) is 22.6 Å². The first-order chi connectivity index (χ1) is 16.3. The number of pyridine rings is 1. The molecule has 0 atom stereocenters. The van der Waals surface area contributed by atoms with Crippen molar-refractivity contribution < 1.29 is 13.9 Å². The molecular weight excluding hydrogens is 480 g/mol. The fourth-order valence-corrected chi connectivity index (χ4v) is 4.11. The fourth-order valence-electron chi connectivity index (χ4n) is 3.64. The van der Waals surface area contributed by atoms with E-state index in [2.05, 4.69) is 4.98 Å². The third-order valence-electron chi connectivity index (χ3n) is 5.57. The molecule has 7 nitrogen and oxygen atoms in total. The van der Waals surface area contributed by atoms with Gasteiger partial charge in [-0.05, 0) is 24.6 Å². The van der Waals surface area contributed by atoms with Crippen LogP contribution in [0.5, 0.6) is 11.5 Å². The maximum absolute atomic E-state index is 14.9. The summed E-state index contributed by atoms with van der Waals surface area (Å²) >= 11 is 12.3. The normalized spacial score (nSPS) is 12.6. The lowest BCUT2D eigenvalue weighted by Gasteiger charge is -2.34. The first-order valence-electron chi connectivity index (χ1n) is 10.3. The van der Waals surface area contributed by atoms with Crippen LogP contribution in [0.2, 0.25) is 10.0 Å². The van der Waals surface area contributed by atoms with Gasteiger partial charge in [0.25, 0.3) is 0 Å². The van der Waals surface area contributed by atoms with Crippen molar-refractivity contribution in [2.75, 3.05) is 30.8 Å². The minimum atomic E-state index is -0.552. The maximum Gasteiger partial charge on any atom is 0.162 e. The van der Waals surface area contributed by atoms with Crippen LogP contribution in [0.25, 0.3) is 0 Å². The lowest BCUT2D eigenvalue weighted by molar-refractivity contribution is 0.284. The molecule has 174 valence electrons. The van der Waals surface area contributed by atoms with Crippen LogP contribution in [0.1, 0.15) is 28.7 Å². The Morgan fingerprint density at radius 2 is 1.91 bits per heavy atom. The van der Waals surface area contributed by atoms with Gasteiger partial charge in [-0.15, -0.1) is 0 Å². The number of aromatic nitrogens is 1. The quantitative estimate of drug-likeness (QED) is 0.341. The van der Waals surface area contributed by atoms with E-state index < -0.39 is 5.82 Å². The molecule has 0 amide bonds. The second-order valence-corrected chi connectivity index (χ2v) is 8.46. The van der Waals surface area contributed by atoms with Crippen LogP contribution in [0.3, 0.4) is 0 Å². The van der Waals surface area contributed by atoms with Crippen LogP contribution < -0.4 is 20.1 Å². The first kappa shape index (κ1) is 23.6. The van der Waals surface area contributed by atoms with E-state index in [1.54, 1.807) is 0 Å². The number of nitrogens with two attached hydrogens (primary N) is 1. The molecule has 3 N–H and O–H groups in total. The Balaban J connectivity index is 1.68. The van der Waals surface area contributed by atoms with Gasteiger partial charge in [-0.25, -0.2) is 4.39 Å². The summed E-state index contributed by atoms with van der Waals surface area (Å²) in [6.07, 6.45) is 3.86. The highest BCUT2D eigenvalue weighted by atomic mass is 35.5. The molecule has 0 saturated carbocycles. The monoisotopic (exact) mass is 499 g/mol. The number of ether oxygens (including phenoxy) is 2. The predicted octanol–water partition coefficient (Wildman–Crippen LogP) is 5.20. The standard InChI is InChI=1S/C24H20Cl2FN5O2/c1-33-21-8-20(29)15(7-22(21)34-12-16-17(25)10-31-11-18(16)26)23(30)13-5-14(9-28)24(19(27)6-13)32-3-2-4-32/h5-8,10-11,30H,2-4,12,29H2,1H3. The molecule has 1 aliphatic rings. The van der Waals surface area contributed by atoms with E-state index in [9.17, 15) is 9.65 Å². The average Bonchev–Trinajstić information content (AvgIpc) is 2.78. The molecule has 4 rings (SSSR count). The maximum atomic E-state index is 14.9. The Morgan fingerprint density at radius 3 is 2.50 bits per heavy atom. The van der Waals surface area contributed by atoms with Gasteiger partial charge in [0.05, 0.1) is 34.1 Å². The van der Waals surface area contributed by atoms with Crippen LogP contribution in [0.4, 0.5) is 15.8 Å². The molecule has 2 aromatic carbocycles. The number of benzene rings is 2. The van der Waals surface area contributed by atoms with Crippen molar-refractivity contribution in [3.05, 3.63) is 74.8 Å². The molecule has 0 aliphatic carbocycles. The van der Waals surface area contributed by atoms with Gasteiger partial charge in [-0.2, -0.15) is 5.26 Å². The van der Waals surface area contributed by atoms with Crippen molar-refractivity contribution in [1.82, 2.24) is 4.98 Å². The lowest BCUT2D eigenvalue weighted by atomic mass is 9.97. The minimum Gasteiger partial charge on any atom is -0.493 e. The summed E-state index contributed by atoms with van der Waals surface area (Å²) in [6.45, 7) is 1.41. The Hall–Kier alpha value is -3.54. The van der Waals surface area contributed by atoms with E-state index in [0.717, 1.165) is 6.42 Å². The number of anilines is 2. The summed E-state index contributed by atoms with van der Waals surface area (Å²) in [5, 5.41) is 19.0. The topological polar surface area (TPSA) is 108 Å². The van der Waals surface area contributed by atoms with Crippen molar-refractivity contribution in [3.63, 3.8) is 0 Å². The zero-order valence-corrected chi connectivity index (χ0v) is 19.7. The molecule has 0 unspecified atom stereocenters. The Morgan fingerprint density at radius 1 is 1.21 bits per heavy atom. The Labute approximate surface area is 205 Å². The molecular formula is C24H20Cl2FN5O2. The highest BCUT2D eigenvalue weighted by Gasteiger charge is 2.24. The highest BCUT2D eigenvalue weighted by molar-refractivity contribution is 6.35. The largest absolute Gasteiger partial charge is 0.493 e. The molecule has 1 saturated heterocycles. The van der Waals surface area contributed by atoms with E-state index in [0.29, 0.717) is 45.8 Å². The molecule has 0 spiro atoms. The number of hydrogen-bond donors (Lipinski definition) is 2. The zero-order chi connectivity index (χ0) is 24.4. The van der Waals surface area contributed by atoms with E-state index in [-0.39, 0.29) is 34.8 Å². The summed E-state index contributed by atoms with van der Waals surface area (Å²) in [7, 11) is 1.46. The van der Waals surface area contributed by atoms with Crippen molar-refractivity contribution in [3.8, 4) is 17.6 Å². The van der Waals surface area contributed by atoms with Crippen molar-refractivity contribution in [1.29, 1.82) is 10.7 Å². The third-order valence-corrected chi connectivity index (χ3v) is 6.23. The summed E-state index contributed by atoms with van der Waals surface area (Å²) in [5.41, 5.74) is 7.85. The van der Waals surface area contributed by atoms with Gasteiger partial charge in [0.1, 0.15) is 18.5 Å². The first-order valence-corrected chi connectivity index (χ1v) is 11.1. The smallest absolute Gasteiger partial charge is 0.162 e. The van der Waals surface area contributed by atoms with Crippen LogP contribution in [-0.2, 0) is 6.61 Å². The number of nitrogens with one attached hydrogen (secondary N) is 1. The molecule has 0 bridgehead atoms. The van der Waals surface area contributed by atoms with Gasteiger partial charge < -0.3 is 20.1 Å². The summed E-state index contributed by atoms with van der Waals surface area (Å²) in [4.78, 5) is 5.73. The highest BCUT2D eigenvalue weighted by Crippen LogP contribution is 2.36. The molecule has 0 radical (unpaired) electrons. The van der Waals surface area contributed by atoms with Gasteiger partial charge >= 0.3 is 0 Å². The van der Waals surface area contributed by atoms with Gasteiger partial charge in [0.2, 0.25) is 0 Å². The number of halogens is 3. The molecule has 1 aromatic heterocycles. The van der Waals surface area contributed by atoms with E-state index in [1.807, 2.05) is 11.0 Å². The number of hydrogen-bond acceptors (Lipinski definition) is 7. The van der Waals surface area contributed by atoms with Gasteiger partial charge in [0.15, 0.2) is 11.5 Å². The molecule has 34 heavy (non-hydrogen) atoms. The fraction of sp³-hybridized carbons (Fsp3) is 0.208. The number of nitrogen functional groups attached to an aromatic ring is 1. The molecule has 1 aliphatic heterocycles. The summed E-state index contributed by atoms with van der Waals surface area (Å²) < 4.78 is 26.2. The van der Waals surface area contributed by atoms with E-state index >= 15 is 0 Å². The third kappa shape index (κ3) is 4.45. The zero-order valence-electron chi connectivity index (χ0n) is 18.2. The number of rotatable bonds is 7. The Bertz CT molecular complexity index is 1300. The van der Waals surface area contributed by atoms with Crippen LogP contribution >= 0.6 is 23.2 Å². The second-order valence-electron chi connectivity index (χ2n) is 7.64. The van der Waals surface area contributed by atoms with Crippen molar-refractivity contribution >= 4 is 40.3 Å². The SMILES string of the molecule is COc1cc(N)c(C(=N)c2cc(F)c(N3CCC3)c(C#N)c2)cc1OCc1c(Cl)cncc1Cl. The molecule has 2 heterocycles. The van der Waals surface area contributed by atoms with Crippen molar-refractivity contribution in [2.24, 2.45) is 0 Å². The lowest BCUT2D eigenvalue weighted by Crippen LogP contribution is -2.38. The van der Waals surface area contributed by atoms with E-state index in [4.69, 9.17) is 43.8 Å². The van der Waals surface area contributed by atoms with Gasteiger partial charge in [0, 0.05) is 53.9 Å². The number of nitriles is 1. The summed E-state index contributed by atoms with van der Waals surface area (Å²) in [5.74, 6) is 0.0787. The predicted molar refractivity (Wildman–Crippen MR) is 130 cm³/mol. The van der Waals surface area contributed by atoms with E-state index in [1.165, 1.54) is 43.8 Å². The summed E-state index contributed by atoms with van der Waals surface area (Å²) in [6, 6.07) is 7.84. The van der Waals surface area contributed by atoms with Crippen LogP contribution in [-0.4, -0.2) is 30.9 Å². The minimum absolute atomic E-state index is 0.0188. The number of nitrogens with zero attached hydrogens (tertiary/aromatic N) is 3. The average molecular weight is 500 g/mol. The molecule has 10 heteroatoms. The van der Waals surface area contributed by atoms with Crippen LogP contribution in [0.15, 0.2) is 36.7 Å². The Kier molecular flexibility index (Phi) is 6.77.